The molecule has 24 heavy (non-hydrogen) atoms. The Hall–Kier alpha value is -2.57. The molecule has 0 atom stereocenters. The number of hydrogen-bond donors (Lipinski definition) is 1. The minimum atomic E-state index is -1.22. The van der Waals surface area contributed by atoms with Gasteiger partial charge in [-0.25, -0.2) is 4.79 Å². The zero-order chi connectivity index (χ0) is 17.2. The van der Waals surface area contributed by atoms with E-state index >= 15 is 0 Å². The fraction of sp³-hybridized carbons (Fsp3) is 0.471. The van der Waals surface area contributed by atoms with E-state index in [9.17, 15) is 9.90 Å². The van der Waals surface area contributed by atoms with Crippen molar-refractivity contribution in [1.82, 2.24) is 10.1 Å². The van der Waals surface area contributed by atoms with Crippen molar-refractivity contribution >= 4 is 11.9 Å². The summed E-state index contributed by atoms with van der Waals surface area (Å²) in [6.07, 6.45) is 0.700. The molecule has 0 radical (unpaired) electrons. The Bertz CT molecular complexity index is 691. The second-order valence-corrected chi connectivity index (χ2v) is 6.29. The summed E-state index contributed by atoms with van der Waals surface area (Å²) in [5.41, 5.74) is -1.22. The molecule has 0 saturated carbocycles. The highest BCUT2D eigenvalue weighted by Gasteiger charge is 2.44. The predicted molar refractivity (Wildman–Crippen MR) is 87.3 cm³/mol. The number of para-hydroxylation sites is 1. The molecule has 1 aromatic heterocycles. The number of piperidine rings is 1. The van der Waals surface area contributed by atoms with Gasteiger partial charge >= 0.3 is 5.97 Å². The quantitative estimate of drug-likeness (QED) is 0.901. The van der Waals surface area contributed by atoms with E-state index in [-0.39, 0.29) is 5.92 Å². The van der Waals surface area contributed by atoms with Gasteiger partial charge in [-0.05, 0) is 17.3 Å². The largest absolute Gasteiger partial charge is 0.478 e. The third-order valence-corrected chi connectivity index (χ3v) is 4.23. The fourth-order valence-electron chi connectivity index (χ4n) is 2.73. The molecule has 1 saturated heterocycles. The highest BCUT2D eigenvalue weighted by Crippen LogP contribution is 2.31. The Balaban J connectivity index is 1.71. The van der Waals surface area contributed by atoms with Crippen LogP contribution < -0.4 is 9.64 Å². The van der Waals surface area contributed by atoms with Gasteiger partial charge in [-0.2, -0.15) is 4.98 Å². The maximum atomic E-state index is 11.8. The van der Waals surface area contributed by atoms with Crippen LogP contribution in [0.5, 0.6) is 5.75 Å². The first kappa shape index (κ1) is 16.3. The fourth-order valence-corrected chi connectivity index (χ4v) is 2.73. The molecule has 2 heterocycles. The van der Waals surface area contributed by atoms with Crippen molar-refractivity contribution in [2.45, 2.75) is 38.2 Å². The lowest BCUT2D eigenvalue weighted by atomic mass is 9.91. The topological polar surface area (TPSA) is 88.7 Å². The van der Waals surface area contributed by atoms with Gasteiger partial charge < -0.3 is 19.3 Å². The first-order valence-electron chi connectivity index (χ1n) is 8.06. The molecule has 1 fully saturated rings. The molecule has 2 aromatic rings. The van der Waals surface area contributed by atoms with Crippen molar-refractivity contribution in [2.24, 2.45) is 0 Å². The van der Waals surface area contributed by atoms with Crippen LogP contribution in [0.3, 0.4) is 0 Å². The van der Waals surface area contributed by atoms with Gasteiger partial charge in [-0.3, -0.25) is 0 Å². The lowest BCUT2D eigenvalue weighted by Gasteiger charge is -2.38. The Morgan fingerprint density at radius 1 is 1.29 bits per heavy atom. The van der Waals surface area contributed by atoms with Crippen molar-refractivity contribution in [3.63, 3.8) is 0 Å². The molecular weight excluding hydrogens is 310 g/mol. The van der Waals surface area contributed by atoms with Crippen LogP contribution in [-0.4, -0.2) is 39.9 Å². The maximum Gasteiger partial charge on any atom is 0.348 e. The van der Waals surface area contributed by atoms with E-state index in [1.165, 1.54) is 0 Å². The molecular formula is C17H21N3O4. The third kappa shape index (κ3) is 3.20. The van der Waals surface area contributed by atoms with Crippen molar-refractivity contribution in [2.75, 3.05) is 18.0 Å². The molecule has 7 nitrogen and oxygen atoms in total. The van der Waals surface area contributed by atoms with Crippen LogP contribution in [-0.2, 0) is 4.79 Å². The van der Waals surface area contributed by atoms with Gasteiger partial charge in [0.05, 0.1) is 0 Å². The summed E-state index contributed by atoms with van der Waals surface area (Å²) in [5.74, 6) is 0.880. The standard InChI is InChI=1S/C17H21N3O4/c1-12(2)14-18-16(19-24-14)20-10-8-17(9-11-20,15(21)22)23-13-6-4-3-5-7-13/h3-7,12H,8-11H2,1-2H3,(H,21,22). The monoisotopic (exact) mass is 331 g/mol. The van der Waals surface area contributed by atoms with E-state index in [2.05, 4.69) is 10.1 Å². The number of carboxylic acid groups (broad SMARTS) is 1. The lowest BCUT2D eigenvalue weighted by molar-refractivity contribution is -0.157. The minimum Gasteiger partial charge on any atom is -0.478 e. The summed E-state index contributed by atoms with van der Waals surface area (Å²) in [7, 11) is 0. The molecule has 3 rings (SSSR count). The van der Waals surface area contributed by atoms with Gasteiger partial charge in [-0.15, -0.1) is 0 Å². The summed E-state index contributed by atoms with van der Waals surface area (Å²) in [6, 6.07) is 9.06. The molecule has 0 unspecified atom stereocenters. The SMILES string of the molecule is CC(C)c1nc(N2CCC(Oc3ccccc3)(C(=O)O)CC2)no1. The summed E-state index contributed by atoms with van der Waals surface area (Å²) in [5, 5.41) is 13.7. The van der Waals surface area contributed by atoms with Gasteiger partial charge in [0.1, 0.15) is 5.75 Å². The first-order valence-corrected chi connectivity index (χ1v) is 8.06. The number of nitrogens with zero attached hydrogens (tertiary/aromatic N) is 3. The zero-order valence-corrected chi connectivity index (χ0v) is 13.8. The zero-order valence-electron chi connectivity index (χ0n) is 13.8. The minimum absolute atomic E-state index is 0.163. The molecule has 128 valence electrons. The van der Waals surface area contributed by atoms with Gasteiger partial charge in [0.15, 0.2) is 0 Å². The van der Waals surface area contributed by atoms with Crippen molar-refractivity contribution < 1.29 is 19.2 Å². The summed E-state index contributed by atoms with van der Waals surface area (Å²) in [6.45, 7) is 4.96. The van der Waals surface area contributed by atoms with Gasteiger partial charge in [0.25, 0.3) is 5.95 Å². The molecule has 7 heteroatoms. The van der Waals surface area contributed by atoms with Gasteiger partial charge in [0, 0.05) is 31.8 Å². The van der Waals surface area contributed by atoms with E-state index in [0.29, 0.717) is 43.5 Å². The number of aromatic nitrogens is 2. The molecule has 1 aromatic carbocycles. The molecule has 1 aliphatic rings. The number of hydrogen-bond acceptors (Lipinski definition) is 6. The normalized spacial score (nSPS) is 17.0. The Labute approximate surface area is 140 Å². The van der Waals surface area contributed by atoms with E-state index in [0.717, 1.165) is 0 Å². The highest BCUT2D eigenvalue weighted by molar-refractivity contribution is 5.78. The summed E-state index contributed by atoms with van der Waals surface area (Å²) in [4.78, 5) is 18.1. The molecule has 0 bridgehead atoms. The van der Waals surface area contributed by atoms with Gasteiger partial charge in [0.2, 0.25) is 11.5 Å². The van der Waals surface area contributed by atoms with E-state index in [4.69, 9.17) is 9.26 Å². The molecule has 0 spiro atoms. The molecule has 0 amide bonds. The van der Waals surface area contributed by atoms with Crippen LogP contribution in [0.4, 0.5) is 5.95 Å². The van der Waals surface area contributed by atoms with Crippen LogP contribution in [0.25, 0.3) is 0 Å². The Morgan fingerprint density at radius 2 is 1.96 bits per heavy atom. The second-order valence-electron chi connectivity index (χ2n) is 6.29. The Kier molecular flexibility index (Phi) is 4.42. The van der Waals surface area contributed by atoms with E-state index in [1.54, 1.807) is 12.1 Å². The number of carbonyl (C=O) groups is 1. The molecule has 1 N–H and O–H groups in total. The van der Waals surface area contributed by atoms with Crippen LogP contribution in [0.15, 0.2) is 34.9 Å². The van der Waals surface area contributed by atoms with Crippen molar-refractivity contribution in [1.29, 1.82) is 0 Å². The van der Waals surface area contributed by atoms with Crippen molar-refractivity contribution in [3.8, 4) is 5.75 Å². The van der Waals surface area contributed by atoms with Gasteiger partial charge in [-0.1, -0.05) is 32.0 Å². The third-order valence-electron chi connectivity index (χ3n) is 4.23. The second kappa shape index (κ2) is 6.51. The highest BCUT2D eigenvalue weighted by atomic mass is 16.5. The van der Waals surface area contributed by atoms with E-state index in [1.807, 2.05) is 36.9 Å². The smallest absolute Gasteiger partial charge is 0.348 e. The van der Waals surface area contributed by atoms with Crippen LogP contribution in [0.2, 0.25) is 0 Å². The van der Waals surface area contributed by atoms with Crippen molar-refractivity contribution in [3.05, 3.63) is 36.2 Å². The average Bonchev–Trinajstić information content (AvgIpc) is 3.06. The number of benzene rings is 1. The molecule has 0 aliphatic carbocycles. The number of rotatable bonds is 5. The van der Waals surface area contributed by atoms with Crippen LogP contribution in [0, 0.1) is 0 Å². The number of carboxylic acids is 1. The lowest BCUT2D eigenvalue weighted by Crippen LogP contribution is -2.53. The number of ether oxygens (including phenoxy) is 1. The molecule has 1 aliphatic heterocycles. The average molecular weight is 331 g/mol. The van der Waals surface area contributed by atoms with Crippen LogP contribution in [0.1, 0.15) is 38.5 Å². The maximum absolute atomic E-state index is 11.8. The summed E-state index contributed by atoms with van der Waals surface area (Å²) < 4.78 is 11.1. The van der Waals surface area contributed by atoms with E-state index < -0.39 is 11.6 Å². The number of anilines is 1. The summed E-state index contributed by atoms with van der Waals surface area (Å²) >= 11 is 0. The first-order chi connectivity index (χ1) is 11.5. The number of aliphatic carboxylic acids is 1. The predicted octanol–water partition coefficient (Wildman–Crippen LogP) is 2.70. The van der Waals surface area contributed by atoms with Crippen LogP contribution >= 0.6 is 0 Å². The Morgan fingerprint density at radius 3 is 2.50 bits per heavy atom.